The number of esters is 1. The molecule has 0 radical (unpaired) electrons. The van der Waals surface area contributed by atoms with Crippen LogP contribution in [0, 0.1) is 29.3 Å². The second-order valence-corrected chi connectivity index (χ2v) is 8.68. The molecule has 1 amide bonds. The van der Waals surface area contributed by atoms with Gasteiger partial charge in [0.1, 0.15) is 17.2 Å². The number of anilines is 1. The third-order valence-corrected chi connectivity index (χ3v) is 6.44. The van der Waals surface area contributed by atoms with Crippen molar-refractivity contribution in [3.05, 3.63) is 63.7 Å². The quantitative estimate of drug-likeness (QED) is 0.558. The van der Waals surface area contributed by atoms with Crippen molar-refractivity contribution in [1.82, 2.24) is 14.9 Å². The number of pyridine rings is 2. The van der Waals surface area contributed by atoms with Crippen LogP contribution in [0.15, 0.2) is 35.3 Å². The average molecular weight is 486 g/mol. The van der Waals surface area contributed by atoms with E-state index >= 15 is 4.39 Å². The molecule has 1 saturated heterocycles. The summed E-state index contributed by atoms with van der Waals surface area (Å²) in [6, 6.07) is 3.82. The Kier molecular flexibility index (Phi) is 5.49. The lowest BCUT2D eigenvalue weighted by Gasteiger charge is -2.23. The zero-order chi connectivity index (χ0) is 25.0. The van der Waals surface area contributed by atoms with Gasteiger partial charge in [-0.1, -0.05) is 0 Å². The van der Waals surface area contributed by atoms with Crippen LogP contribution < -0.4 is 15.6 Å². The van der Waals surface area contributed by atoms with Gasteiger partial charge in [-0.05, 0) is 25.1 Å². The van der Waals surface area contributed by atoms with Crippen molar-refractivity contribution in [1.29, 1.82) is 0 Å². The number of hydrogen-bond acceptors (Lipinski definition) is 6. The molecule has 1 saturated carbocycles. The summed E-state index contributed by atoms with van der Waals surface area (Å²) in [5, 5.41) is 2.62. The molecule has 35 heavy (non-hydrogen) atoms. The number of nitrogens with one attached hydrogen (secondary N) is 1. The van der Waals surface area contributed by atoms with E-state index in [0.29, 0.717) is 19.2 Å². The summed E-state index contributed by atoms with van der Waals surface area (Å²) < 4.78 is 49.5. The van der Waals surface area contributed by atoms with Gasteiger partial charge < -0.3 is 15.0 Å². The second-order valence-electron chi connectivity index (χ2n) is 8.68. The Morgan fingerprint density at radius 1 is 1.14 bits per heavy atom. The van der Waals surface area contributed by atoms with E-state index in [1.54, 1.807) is 11.8 Å². The third-order valence-electron chi connectivity index (χ3n) is 6.44. The van der Waals surface area contributed by atoms with Crippen molar-refractivity contribution < 1.29 is 27.5 Å². The van der Waals surface area contributed by atoms with Crippen LogP contribution in [0.25, 0.3) is 16.7 Å². The van der Waals surface area contributed by atoms with Gasteiger partial charge in [-0.15, -0.1) is 0 Å². The fourth-order valence-electron chi connectivity index (χ4n) is 4.80. The first-order valence-corrected chi connectivity index (χ1v) is 11.1. The van der Waals surface area contributed by atoms with Crippen LogP contribution in [-0.4, -0.2) is 47.2 Å². The van der Waals surface area contributed by atoms with Crippen LogP contribution in [-0.2, 0) is 9.53 Å². The van der Waals surface area contributed by atoms with E-state index in [4.69, 9.17) is 4.74 Å². The van der Waals surface area contributed by atoms with Gasteiger partial charge in [-0.2, -0.15) is 0 Å². The average Bonchev–Trinajstić information content (AvgIpc) is 3.22. The van der Waals surface area contributed by atoms with Gasteiger partial charge in [0, 0.05) is 50.2 Å². The van der Waals surface area contributed by atoms with Gasteiger partial charge in [0.15, 0.2) is 17.3 Å². The summed E-state index contributed by atoms with van der Waals surface area (Å²) >= 11 is 0. The molecule has 11 heteroatoms. The smallest absolute Gasteiger partial charge is 0.343 e. The van der Waals surface area contributed by atoms with Crippen molar-refractivity contribution in [2.45, 2.75) is 19.9 Å². The summed E-state index contributed by atoms with van der Waals surface area (Å²) in [6.45, 7) is 3.88. The van der Waals surface area contributed by atoms with Crippen molar-refractivity contribution in [2.24, 2.45) is 11.8 Å². The molecule has 3 heterocycles. The van der Waals surface area contributed by atoms with E-state index in [0.717, 1.165) is 29.0 Å². The molecule has 0 spiro atoms. The predicted octanol–water partition coefficient (Wildman–Crippen LogP) is 2.55. The zero-order valence-corrected chi connectivity index (χ0v) is 18.8. The monoisotopic (exact) mass is 486 g/mol. The van der Waals surface area contributed by atoms with Crippen LogP contribution in [0.3, 0.4) is 0 Å². The van der Waals surface area contributed by atoms with Crippen molar-refractivity contribution in [2.75, 3.05) is 24.6 Å². The maximum absolute atomic E-state index is 15.2. The van der Waals surface area contributed by atoms with Crippen LogP contribution in [0.4, 0.5) is 19.0 Å². The minimum atomic E-state index is -0.960. The summed E-state index contributed by atoms with van der Waals surface area (Å²) in [7, 11) is 0. The minimum Gasteiger partial charge on any atom is -0.462 e. The van der Waals surface area contributed by atoms with Crippen molar-refractivity contribution in [3.8, 4) is 5.69 Å². The number of carbonyl (C=O) groups excluding carboxylic acids is 2. The number of fused-ring (bicyclic) bond motifs is 2. The molecule has 1 aliphatic heterocycles. The molecule has 2 fully saturated rings. The normalized spacial score (nSPS) is 20.6. The highest BCUT2D eigenvalue weighted by molar-refractivity contribution is 5.94. The lowest BCUT2D eigenvalue weighted by Crippen LogP contribution is -2.34. The second kappa shape index (κ2) is 8.40. The van der Waals surface area contributed by atoms with E-state index < -0.39 is 34.4 Å². The van der Waals surface area contributed by atoms with Crippen LogP contribution in [0.5, 0.6) is 0 Å². The fourth-order valence-corrected chi connectivity index (χ4v) is 4.80. The first kappa shape index (κ1) is 22.9. The first-order chi connectivity index (χ1) is 16.7. The maximum atomic E-state index is 15.2. The Balaban J connectivity index is 1.64. The van der Waals surface area contributed by atoms with Gasteiger partial charge in [-0.25, -0.2) is 22.9 Å². The number of carbonyl (C=O) groups is 2. The van der Waals surface area contributed by atoms with E-state index in [-0.39, 0.29) is 52.9 Å². The van der Waals surface area contributed by atoms with Gasteiger partial charge >= 0.3 is 5.97 Å². The van der Waals surface area contributed by atoms with Crippen molar-refractivity contribution >= 4 is 28.7 Å². The van der Waals surface area contributed by atoms with Crippen LogP contribution in [0.1, 0.15) is 24.2 Å². The molecular formula is C24H21F3N4O4. The molecule has 8 nitrogen and oxygen atoms in total. The number of rotatable bonds is 5. The zero-order valence-electron chi connectivity index (χ0n) is 18.8. The first-order valence-electron chi connectivity index (χ1n) is 11.1. The number of amides is 1. The third kappa shape index (κ3) is 3.90. The van der Waals surface area contributed by atoms with E-state index in [1.807, 2.05) is 0 Å². The molecular weight excluding hydrogens is 465 g/mol. The van der Waals surface area contributed by atoms with Crippen molar-refractivity contribution in [3.63, 3.8) is 0 Å². The molecule has 0 bridgehead atoms. The number of nitrogens with zero attached hydrogens (tertiary/aromatic N) is 3. The number of piperidine rings is 1. The molecule has 182 valence electrons. The number of aromatic nitrogens is 2. The molecule has 5 rings (SSSR count). The Labute approximate surface area is 197 Å². The van der Waals surface area contributed by atoms with Gasteiger partial charge in [0.25, 0.3) is 0 Å². The molecule has 1 aliphatic carbocycles. The summed E-state index contributed by atoms with van der Waals surface area (Å²) in [5.41, 5.74) is -1.52. The Morgan fingerprint density at radius 2 is 1.86 bits per heavy atom. The van der Waals surface area contributed by atoms with E-state index in [2.05, 4.69) is 10.3 Å². The van der Waals surface area contributed by atoms with E-state index in [9.17, 15) is 23.2 Å². The fraction of sp³-hybridized carbons (Fsp3) is 0.333. The maximum Gasteiger partial charge on any atom is 0.343 e. The highest BCUT2D eigenvalue weighted by atomic mass is 19.1. The molecule has 2 aliphatic rings. The van der Waals surface area contributed by atoms with Gasteiger partial charge in [0.05, 0.1) is 17.7 Å². The SMILES string of the molecule is CCOC(=O)c1cn(-c2ccc(F)cc2F)c2nc(N3C[C@@H]4C(NC(C)=O)[C@@H]4C3)c(F)cc2c1=O. The van der Waals surface area contributed by atoms with E-state index in [1.165, 1.54) is 6.92 Å². The predicted molar refractivity (Wildman–Crippen MR) is 120 cm³/mol. The lowest BCUT2D eigenvalue weighted by molar-refractivity contribution is -0.119. The Hall–Kier alpha value is -3.89. The highest BCUT2D eigenvalue weighted by Gasteiger charge is 2.56. The van der Waals surface area contributed by atoms with Crippen LogP contribution >= 0.6 is 0 Å². The van der Waals surface area contributed by atoms with Gasteiger partial charge in [0.2, 0.25) is 11.3 Å². The Morgan fingerprint density at radius 3 is 2.49 bits per heavy atom. The summed E-state index contributed by atoms with van der Waals surface area (Å²) in [4.78, 5) is 42.8. The lowest BCUT2D eigenvalue weighted by atomic mass is 10.1. The summed E-state index contributed by atoms with van der Waals surface area (Å²) in [5.74, 6) is -3.37. The largest absolute Gasteiger partial charge is 0.462 e. The number of hydrogen-bond donors (Lipinski definition) is 1. The number of halogens is 3. The van der Waals surface area contributed by atoms with Crippen LogP contribution in [0.2, 0.25) is 0 Å². The highest BCUT2D eigenvalue weighted by Crippen LogP contribution is 2.47. The molecule has 1 aromatic carbocycles. The molecule has 3 atom stereocenters. The number of benzene rings is 1. The van der Waals surface area contributed by atoms with Gasteiger partial charge in [-0.3, -0.25) is 14.2 Å². The molecule has 1 N–H and O–H groups in total. The molecule has 2 aromatic heterocycles. The standard InChI is InChI=1S/C24H21F3N4O4/c1-3-35-24(34)16-10-31(19-5-4-12(25)6-17(19)26)22-13(21(16)33)7-18(27)23(29-22)30-8-14-15(9-30)20(14)28-11(2)32/h4-7,10,14-15,20H,3,8-9H2,1-2H3,(H,28,32)/t14-,15+,20?. The molecule has 3 aromatic rings. The topological polar surface area (TPSA) is 93.5 Å². The molecule has 1 unspecified atom stereocenters. The number of ether oxygens (including phenoxy) is 1. The minimum absolute atomic E-state index is 0.0104. The summed E-state index contributed by atoms with van der Waals surface area (Å²) in [6.07, 6.45) is 1.07. The Bertz CT molecular complexity index is 1430.